The van der Waals surface area contributed by atoms with Crippen LogP contribution in [-0.2, 0) is 11.3 Å². The largest absolute Gasteiger partial charge is 0.356 e. The minimum Gasteiger partial charge on any atom is -0.356 e. The highest BCUT2D eigenvalue weighted by Gasteiger charge is 2.28. The zero-order valence-electron chi connectivity index (χ0n) is 17.5. The van der Waals surface area contributed by atoms with Crippen molar-refractivity contribution in [1.82, 2.24) is 25.3 Å². The molecule has 2 heterocycles. The molecule has 1 aromatic heterocycles. The van der Waals surface area contributed by atoms with Gasteiger partial charge in [0.2, 0.25) is 5.91 Å². The Morgan fingerprint density at radius 1 is 1.37 bits per heavy atom. The highest BCUT2D eigenvalue weighted by Crippen LogP contribution is 2.12. The van der Waals surface area contributed by atoms with E-state index < -0.39 is 0 Å². The first-order chi connectivity index (χ1) is 12.3. The third kappa shape index (κ3) is 6.97. The normalized spacial score (nSPS) is 18.4. The number of halogens is 1. The van der Waals surface area contributed by atoms with E-state index in [-0.39, 0.29) is 41.8 Å². The number of carbonyl (C=O) groups excluding carboxylic acids is 1. The van der Waals surface area contributed by atoms with Gasteiger partial charge in [-0.25, -0.2) is 0 Å². The summed E-state index contributed by atoms with van der Waals surface area (Å²) in [6, 6.07) is 2.36. The second kappa shape index (κ2) is 10.9. The number of amides is 1. The molecule has 2 atom stereocenters. The van der Waals surface area contributed by atoms with E-state index in [4.69, 9.17) is 0 Å². The summed E-state index contributed by atoms with van der Waals surface area (Å²) in [5.41, 5.74) is 2.25. The Morgan fingerprint density at radius 3 is 2.63 bits per heavy atom. The quantitative estimate of drug-likeness (QED) is 0.364. The molecule has 27 heavy (non-hydrogen) atoms. The topological polar surface area (TPSA) is 74.6 Å². The fraction of sp³-hybridized carbons (Fsp3) is 0.737. The van der Waals surface area contributed by atoms with Gasteiger partial charge in [-0.05, 0) is 32.3 Å². The van der Waals surface area contributed by atoms with Gasteiger partial charge in [0.05, 0.1) is 5.69 Å². The highest BCUT2D eigenvalue weighted by atomic mass is 127. The zero-order valence-corrected chi connectivity index (χ0v) is 19.8. The second-order valence-corrected chi connectivity index (χ2v) is 7.74. The molecule has 7 nitrogen and oxygen atoms in total. The maximum Gasteiger partial charge on any atom is 0.225 e. The van der Waals surface area contributed by atoms with Crippen LogP contribution >= 0.6 is 24.0 Å². The molecule has 1 amide bonds. The minimum absolute atomic E-state index is 0. The average Bonchev–Trinajstić information content (AvgIpc) is 3.17. The van der Waals surface area contributed by atoms with Crippen LogP contribution < -0.4 is 10.6 Å². The Bertz CT molecular complexity index is 642. The standard InChI is InChI=1S/C19H34N6O.HI/c1-13(2)18(26)24-8-7-17(12-24)22-19(20-6)21-10-14(3)11-25-16(5)9-15(4)23-25;/h9,13-14,17H,7-8,10-12H2,1-6H3,(H2,20,21,22);1H. The van der Waals surface area contributed by atoms with Crippen molar-refractivity contribution in [2.24, 2.45) is 16.8 Å². The fourth-order valence-corrected chi connectivity index (χ4v) is 3.32. The number of likely N-dealkylation sites (tertiary alicyclic amines) is 1. The maximum atomic E-state index is 12.1. The molecule has 1 saturated heterocycles. The summed E-state index contributed by atoms with van der Waals surface area (Å²) in [7, 11) is 1.78. The van der Waals surface area contributed by atoms with Gasteiger partial charge in [-0.3, -0.25) is 14.5 Å². The minimum atomic E-state index is 0. The van der Waals surface area contributed by atoms with E-state index in [9.17, 15) is 4.79 Å². The van der Waals surface area contributed by atoms with E-state index in [0.29, 0.717) is 5.92 Å². The summed E-state index contributed by atoms with van der Waals surface area (Å²) in [5, 5.41) is 11.4. The SMILES string of the molecule is CN=C(NCC(C)Cn1nc(C)cc1C)NC1CCN(C(=O)C(C)C)C1.I. The highest BCUT2D eigenvalue weighted by molar-refractivity contribution is 14.0. The van der Waals surface area contributed by atoms with Crippen molar-refractivity contribution in [1.29, 1.82) is 0 Å². The Labute approximate surface area is 180 Å². The number of nitrogens with zero attached hydrogens (tertiary/aromatic N) is 4. The molecule has 0 aliphatic carbocycles. The molecule has 2 unspecified atom stereocenters. The van der Waals surface area contributed by atoms with E-state index in [1.807, 2.05) is 25.7 Å². The van der Waals surface area contributed by atoms with Gasteiger partial charge in [0, 0.05) is 50.9 Å². The Kier molecular flexibility index (Phi) is 9.55. The number of hydrogen-bond donors (Lipinski definition) is 2. The van der Waals surface area contributed by atoms with E-state index in [1.54, 1.807) is 7.05 Å². The number of nitrogens with one attached hydrogen (secondary N) is 2. The van der Waals surface area contributed by atoms with E-state index in [2.05, 4.69) is 45.3 Å². The molecule has 0 aromatic carbocycles. The van der Waals surface area contributed by atoms with Crippen LogP contribution in [0.25, 0.3) is 0 Å². The third-order valence-electron chi connectivity index (χ3n) is 4.76. The van der Waals surface area contributed by atoms with Crippen molar-refractivity contribution in [2.75, 3.05) is 26.7 Å². The van der Waals surface area contributed by atoms with Crippen molar-refractivity contribution in [3.05, 3.63) is 17.5 Å². The number of guanidine groups is 1. The molecular formula is C19H35IN6O. The number of rotatable bonds is 6. The van der Waals surface area contributed by atoms with Crippen LogP contribution in [0.3, 0.4) is 0 Å². The lowest BCUT2D eigenvalue weighted by atomic mass is 10.2. The molecule has 1 aromatic rings. The lowest BCUT2D eigenvalue weighted by Crippen LogP contribution is -2.46. The lowest BCUT2D eigenvalue weighted by molar-refractivity contribution is -0.133. The first-order valence-corrected chi connectivity index (χ1v) is 9.57. The number of hydrogen-bond acceptors (Lipinski definition) is 3. The summed E-state index contributed by atoms with van der Waals surface area (Å²) >= 11 is 0. The van der Waals surface area contributed by atoms with Crippen molar-refractivity contribution < 1.29 is 4.79 Å². The maximum absolute atomic E-state index is 12.1. The summed E-state index contributed by atoms with van der Waals surface area (Å²) in [4.78, 5) is 18.4. The molecule has 0 saturated carbocycles. The van der Waals surface area contributed by atoms with Gasteiger partial charge in [-0.15, -0.1) is 24.0 Å². The fourth-order valence-electron chi connectivity index (χ4n) is 3.32. The van der Waals surface area contributed by atoms with E-state index in [0.717, 1.165) is 44.3 Å². The summed E-state index contributed by atoms with van der Waals surface area (Å²) in [5.74, 6) is 1.51. The Hall–Kier alpha value is -1.32. The summed E-state index contributed by atoms with van der Waals surface area (Å²) in [6.45, 7) is 13.5. The van der Waals surface area contributed by atoms with Crippen molar-refractivity contribution in [2.45, 2.75) is 53.6 Å². The van der Waals surface area contributed by atoms with Crippen LogP contribution in [0.4, 0.5) is 0 Å². The molecule has 2 N–H and O–H groups in total. The van der Waals surface area contributed by atoms with E-state index in [1.165, 1.54) is 5.69 Å². The van der Waals surface area contributed by atoms with Crippen LogP contribution in [0.2, 0.25) is 0 Å². The summed E-state index contributed by atoms with van der Waals surface area (Å²) in [6.07, 6.45) is 0.959. The molecule has 1 aliphatic heterocycles. The Balaban J connectivity index is 0.00000364. The molecule has 154 valence electrons. The van der Waals surface area contributed by atoms with Crippen LogP contribution in [0.5, 0.6) is 0 Å². The van der Waals surface area contributed by atoms with Crippen LogP contribution in [0.15, 0.2) is 11.1 Å². The monoisotopic (exact) mass is 490 g/mol. The molecule has 0 radical (unpaired) electrons. The molecule has 0 spiro atoms. The van der Waals surface area contributed by atoms with Crippen LogP contribution in [0, 0.1) is 25.7 Å². The van der Waals surface area contributed by atoms with Gasteiger partial charge in [-0.2, -0.15) is 5.10 Å². The van der Waals surface area contributed by atoms with Crippen molar-refractivity contribution in [3.63, 3.8) is 0 Å². The smallest absolute Gasteiger partial charge is 0.225 e. The van der Waals surface area contributed by atoms with Gasteiger partial charge in [0.1, 0.15) is 0 Å². The van der Waals surface area contributed by atoms with Gasteiger partial charge in [0.25, 0.3) is 0 Å². The van der Waals surface area contributed by atoms with Crippen molar-refractivity contribution >= 4 is 35.8 Å². The third-order valence-corrected chi connectivity index (χ3v) is 4.76. The zero-order chi connectivity index (χ0) is 19.3. The van der Waals surface area contributed by atoms with E-state index >= 15 is 0 Å². The number of aliphatic imine (C=N–C) groups is 1. The number of aryl methyl sites for hydroxylation is 2. The first-order valence-electron chi connectivity index (χ1n) is 9.57. The van der Waals surface area contributed by atoms with Crippen molar-refractivity contribution in [3.8, 4) is 0 Å². The summed E-state index contributed by atoms with van der Waals surface area (Å²) < 4.78 is 2.06. The second-order valence-electron chi connectivity index (χ2n) is 7.74. The lowest BCUT2D eigenvalue weighted by Gasteiger charge is -2.21. The molecule has 1 fully saturated rings. The molecule has 0 bridgehead atoms. The van der Waals surface area contributed by atoms with Crippen LogP contribution in [0.1, 0.15) is 38.6 Å². The molecule has 1 aliphatic rings. The average molecular weight is 490 g/mol. The van der Waals surface area contributed by atoms with Crippen LogP contribution in [-0.4, -0.2) is 59.3 Å². The van der Waals surface area contributed by atoms with Gasteiger partial charge >= 0.3 is 0 Å². The molecule has 2 rings (SSSR count). The number of aromatic nitrogens is 2. The predicted molar refractivity (Wildman–Crippen MR) is 121 cm³/mol. The first kappa shape index (κ1) is 23.7. The number of carbonyl (C=O) groups is 1. The Morgan fingerprint density at radius 2 is 2.07 bits per heavy atom. The molecular weight excluding hydrogens is 455 g/mol. The predicted octanol–water partition coefficient (Wildman–Crippen LogP) is 2.18. The molecule has 8 heteroatoms. The van der Waals surface area contributed by atoms with Gasteiger partial charge < -0.3 is 15.5 Å². The van der Waals surface area contributed by atoms with Gasteiger partial charge in [-0.1, -0.05) is 20.8 Å². The van der Waals surface area contributed by atoms with Gasteiger partial charge in [0.15, 0.2) is 5.96 Å².